The molecule has 0 aliphatic carbocycles. The normalized spacial score (nSPS) is 17.5. The summed E-state index contributed by atoms with van der Waals surface area (Å²) in [6.45, 7) is 17.2. The molecule has 1 fully saturated rings. The van der Waals surface area contributed by atoms with Crippen LogP contribution in [0.25, 0.3) is 0 Å². The summed E-state index contributed by atoms with van der Waals surface area (Å²) < 4.78 is 5.49. The highest BCUT2D eigenvalue weighted by Crippen LogP contribution is 2.19. The third kappa shape index (κ3) is 9.61. The van der Waals surface area contributed by atoms with E-state index in [2.05, 4.69) is 37.5 Å². The van der Waals surface area contributed by atoms with Crippen LogP contribution in [0.4, 0.5) is 0 Å². The van der Waals surface area contributed by atoms with Crippen LogP contribution in [0.3, 0.4) is 0 Å². The zero-order chi connectivity index (χ0) is 22.5. The van der Waals surface area contributed by atoms with E-state index in [1.165, 1.54) is 12.8 Å². The molecule has 30 heavy (non-hydrogen) atoms. The summed E-state index contributed by atoms with van der Waals surface area (Å²) in [6, 6.07) is 0. The number of hydrogen-bond acceptors (Lipinski definition) is 5. The zero-order valence-electron chi connectivity index (χ0n) is 20.7. The van der Waals surface area contributed by atoms with Gasteiger partial charge in [-0.3, -0.25) is 9.69 Å². The van der Waals surface area contributed by atoms with Gasteiger partial charge in [0.1, 0.15) is 11.5 Å². The first-order valence-corrected chi connectivity index (χ1v) is 11.8. The fourth-order valence-electron chi connectivity index (χ4n) is 4.05. The van der Waals surface area contributed by atoms with Crippen molar-refractivity contribution in [1.82, 2.24) is 14.7 Å². The molecule has 0 aromatic carbocycles. The van der Waals surface area contributed by atoms with Crippen LogP contribution in [0.2, 0.25) is 0 Å². The lowest BCUT2D eigenvalue weighted by Gasteiger charge is -2.32. The first-order valence-electron chi connectivity index (χ1n) is 11.8. The van der Waals surface area contributed by atoms with E-state index in [0.29, 0.717) is 5.92 Å². The molecule has 0 bridgehead atoms. The number of amidine groups is 1. The highest BCUT2D eigenvalue weighted by molar-refractivity contribution is 5.94. The Balaban J connectivity index is 3.09. The number of morpholine rings is 1. The molecule has 1 atom stereocenters. The lowest BCUT2D eigenvalue weighted by Crippen LogP contribution is -2.43. The molecule has 0 aromatic rings. The van der Waals surface area contributed by atoms with Crippen LogP contribution in [0.1, 0.15) is 66.7 Å². The van der Waals surface area contributed by atoms with Crippen LogP contribution < -0.4 is 0 Å². The molecule has 1 saturated heterocycles. The number of ketones is 1. The van der Waals surface area contributed by atoms with Crippen molar-refractivity contribution in [2.45, 2.75) is 66.7 Å². The van der Waals surface area contributed by atoms with Crippen LogP contribution in [0.5, 0.6) is 0 Å². The van der Waals surface area contributed by atoms with Crippen molar-refractivity contribution in [2.24, 2.45) is 10.9 Å². The van der Waals surface area contributed by atoms with Crippen LogP contribution in [0.15, 0.2) is 16.4 Å². The molecule has 0 spiro atoms. The Bertz CT molecular complexity index is 566. The van der Waals surface area contributed by atoms with Gasteiger partial charge in [0.2, 0.25) is 0 Å². The van der Waals surface area contributed by atoms with Gasteiger partial charge in [-0.15, -0.1) is 0 Å². The van der Waals surface area contributed by atoms with Gasteiger partial charge in [-0.1, -0.05) is 33.6 Å². The first-order chi connectivity index (χ1) is 14.3. The molecule has 0 radical (unpaired) electrons. The average Bonchev–Trinajstić information content (AvgIpc) is 2.69. The van der Waals surface area contributed by atoms with Crippen molar-refractivity contribution in [1.29, 1.82) is 0 Å². The first kappa shape index (κ1) is 26.6. The predicted molar refractivity (Wildman–Crippen MR) is 127 cm³/mol. The third-order valence-corrected chi connectivity index (χ3v) is 5.68. The minimum atomic E-state index is 0.0851. The van der Waals surface area contributed by atoms with Crippen molar-refractivity contribution >= 4 is 11.6 Å². The predicted octanol–water partition coefficient (Wildman–Crippen LogP) is 4.03. The number of aliphatic imine (C=N–C) groups is 1. The Morgan fingerprint density at radius 2 is 1.80 bits per heavy atom. The number of likely N-dealkylation sites (N-methyl/N-ethyl adjacent to an activating group) is 1. The second-order valence-corrected chi connectivity index (χ2v) is 8.80. The van der Waals surface area contributed by atoms with Crippen molar-refractivity contribution in [3.8, 4) is 0 Å². The smallest absolute Gasteiger partial charge is 0.177 e. The Kier molecular flexibility index (Phi) is 12.9. The van der Waals surface area contributed by atoms with Gasteiger partial charge in [-0.25, -0.2) is 4.99 Å². The second-order valence-electron chi connectivity index (χ2n) is 8.80. The molecule has 1 aliphatic heterocycles. The standard InChI is InChI=1S/C24H46N4O2/c1-8-10-12-23(24(21(4)29)26(6)7)25-22(5)28(19-20(3)11-9-2)14-13-27-15-17-30-18-16-27/h20H,8-19H2,1-7H3/b24-23+,25-22?. The van der Waals surface area contributed by atoms with E-state index in [9.17, 15) is 4.79 Å². The Morgan fingerprint density at radius 3 is 2.33 bits per heavy atom. The van der Waals surface area contributed by atoms with E-state index in [0.717, 1.165) is 82.4 Å². The highest BCUT2D eigenvalue weighted by atomic mass is 16.5. The number of carbonyl (C=O) groups is 1. The molecule has 6 heteroatoms. The minimum absolute atomic E-state index is 0.0851. The highest BCUT2D eigenvalue weighted by Gasteiger charge is 2.18. The van der Waals surface area contributed by atoms with Gasteiger partial charge >= 0.3 is 0 Å². The number of allylic oxidation sites excluding steroid dienone is 2. The monoisotopic (exact) mass is 422 g/mol. The SMILES string of the molecule is CCCC/C(N=C(C)N(CCN1CCOCC1)CC(C)CCC)=C(/C(C)=O)N(C)C. The number of ether oxygens (including phenoxy) is 1. The van der Waals surface area contributed by atoms with Gasteiger partial charge in [-0.05, 0) is 32.1 Å². The molecular formula is C24H46N4O2. The average molecular weight is 423 g/mol. The summed E-state index contributed by atoms with van der Waals surface area (Å²) in [5.41, 5.74) is 1.66. The lowest BCUT2D eigenvalue weighted by molar-refractivity contribution is -0.114. The van der Waals surface area contributed by atoms with E-state index in [4.69, 9.17) is 9.73 Å². The number of hydrogen-bond donors (Lipinski definition) is 0. The Hall–Kier alpha value is -1.40. The van der Waals surface area contributed by atoms with E-state index >= 15 is 0 Å². The molecule has 0 amide bonds. The summed E-state index contributed by atoms with van der Waals surface area (Å²) in [7, 11) is 3.88. The molecule has 6 nitrogen and oxygen atoms in total. The second kappa shape index (κ2) is 14.6. The van der Waals surface area contributed by atoms with Gasteiger partial charge < -0.3 is 14.5 Å². The fourth-order valence-corrected chi connectivity index (χ4v) is 4.05. The number of unbranched alkanes of at least 4 members (excludes halogenated alkanes) is 1. The molecule has 1 unspecified atom stereocenters. The van der Waals surface area contributed by atoms with Crippen molar-refractivity contribution in [3.63, 3.8) is 0 Å². The molecular weight excluding hydrogens is 376 g/mol. The van der Waals surface area contributed by atoms with Crippen LogP contribution in [-0.4, -0.2) is 86.4 Å². The Morgan fingerprint density at radius 1 is 1.13 bits per heavy atom. The van der Waals surface area contributed by atoms with Gasteiger partial charge in [-0.2, -0.15) is 0 Å². The van der Waals surface area contributed by atoms with Gasteiger partial charge in [0, 0.05) is 53.7 Å². The van der Waals surface area contributed by atoms with Gasteiger partial charge in [0.05, 0.1) is 18.9 Å². The summed E-state index contributed by atoms with van der Waals surface area (Å²) in [5.74, 6) is 1.73. The molecule has 1 rings (SSSR count). The topological polar surface area (TPSA) is 48.4 Å². The number of carbonyl (C=O) groups excluding carboxylic acids is 1. The van der Waals surface area contributed by atoms with Gasteiger partial charge in [0.25, 0.3) is 0 Å². The van der Waals surface area contributed by atoms with Crippen molar-refractivity contribution < 1.29 is 9.53 Å². The fraction of sp³-hybridized carbons (Fsp3) is 0.833. The van der Waals surface area contributed by atoms with E-state index in [1.807, 2.05) is 19.0 Å². The molecule has 0 aromatic heterocycles. The van der Waals surface area contributed by atoms with Gasteiger partial charge in [0.15, 0.2) is 5.78 Å². The largest absolute Gasteiger partial charge is 0.379 e. The maximum atomic E-state index is 12.3. The van der Waals surface area contributed by atoms with E-state index in [-0.39, 0.29) is 5.78 Å². The van der Waals surface area contributed by atoms with Crippen LogP contribution >= 0.6 is 0 Å². The van der Waals surface area contributed by atoms with Crippen molar-refractivity contribution in [3.05, 3.63) is 11.4 Å². The molecule has 0 N–H and O–H groups in total. The quantitative estimate of drug-likeness (QED) is 0.255. The van der Waals surface area contributed by atoms with Crippen molar-refractivity contribution in [2.75, 3.05) is 60.0 Å². The maximum absolute atomic E-state index is 12.3. The van der Waals surface area contributed by atoms with E-state index in [1.54, 1.807) is 6.92 Å². The van der Waals surface area contributed by atoms with Crippen LogP contribution in [-0.2, 0) is 9.53 Å². The number of Topliss-reactive ketones (excluding diaryl/α,β-unsaturated/α-hetero) is 1. The summed E-state index contributed by atoms with van der Waals surface area (Å²) in [5, 5.41) is 0. The van der Waals surface area contributed by atoms with E-state index < -0.39 is 0 Å². The Labute approximate surface area is 185 Å². The maximum Gasteiger partial charge on any atom is 0.177 e. The molecule has 1 aliphatic rings. The van der Waals surface area contributed by atoms with Crippen LogP contribution in [0, 0.1) is 5.92 Å². The summed E-state index contributed by atoms with van der Waals surface area (Å²) in [6.07, 6.45) is 5.38. The molecule has 0 saturated carbocycles. The minimum Gasteiger partial charge on any atom is -0.379 e. The number of rotatable bonds is 13. The summed E-state index contributed by atoms with van der Waals surface area (Å²) >= 11 is 0. The zero-order valence-corrected chi connectivity index (χ0v) is 20.7. The summed E-state index contributed by atoms with van der Waals surface area (Å²) in [4.78, 5) is 24.2. The molecule has 1 heterocycles. The lowest BCUT2D eigenvalue weighted by atomic mass is 10.1. The third-order valence-electron chi connectivity index (χ3n) is 5.68. The molecule has 174 valence electrons. The number of nitrogens with zero attached hydrogens (tertiary/aromatic N) is 4.